The first-order valence-corrected chi connectivity index (χ1v) is 6.59. The Morgan fingerprint density at radius 2 is 1.95 bits per heavy atom. The van der Waals surface area contributed by atoms with Crippen LogP contribution in [0.25, 0.3) is 16.9 Å². The number of rotatable bonds is 3. The molecule has 0 bridgehead atoms. The van der Waals surface area contributed by atoms with Crippen LogP contribution in [0.2, 0.25) is 0 Å². The highest BCUT2D eigenvalue weighted by Crippen LogP contribution is 2.20. The number of carbonyl (C=O) groups excluding carboxylic acids is 1. The minimum absolute atomic E-state index is 0.316. The Hall–Kier alpha value is -2.69. The SMILES string of the molecule is CCOC(=O)c1ccc(-c2cn3cc(F)ccc3n2)cc1. The molecule has 0 spiro atoms. The van der Waals surface area contributed by atoms with Gasteiger partial charge in [-0.2, -0.15) is 0 Å². The van der Waals surface area contributed by atoms with E-state index in [9.17, 15) is 9.18 Å². The normalized spacial score (nSPS) is 10.8. The highest BCUT2D eigenvalue weighted by molar-refractivity contribution is 5.90. The number of benzene rings is 1. The quantitative estimate of drug-likeness (QED) is 0.693. The van der Waals surface area contributed by atoms with Gasteiger partial charge in [0.2, 0.25) is 0 Å². The number of halogens is 1. The topological polar surface area (TPSA) is 43.6 Å². The molecule has 21 heavy (non-hydrogen) atoms. The summed E-state index contributed by atoms with van der Waals surface area (Å²) in [5.74, 6) is -0.662. The van der Waals surface area contributed by atoms with E-state index < -0.39 is 0 Å². The van der Waals surface area contributed by atoms with Gasteiger partial charge in [0.1, 0.15) is 11.5 Å². The Labute approximate surface area is 120 Å². The van der Waals surface area contributed by atoms with Gasteiger partial charge in [0.15, 0.2) is 0 Å². The Balaban J connectivity index is 1.93. The molecule has 0 saturated carbocycles. The van der Waals surface area contributed by atoms with Gasteiger partial charge in [-0.25, -0.2) is 14.2 Å². The number of hydrogen-bond donors (Lipinski definition) is 0. The van der Waals surface area contributed by atoms with Gasteiger partial charge >= 0.3 is 5.97 Å². The van der Waals surface area contributed by atoms with Crippen molar-refractivity contribution in [2.75, 3.05) is 6.61 Å². The summed E-state index contributed by atoms with van der Waals surface area (Å²) in [7, 11) is 0. The molecule has 0 fully saturated rings. The fourth-order valence-electron chi connectivity index (χ4n) is 2.10. The molecule has 2 heterocycles. The molecule has 4 nitrogen and oxygen atoms in total. The Morgan fingerprint density at radius 1 is 1.19 bits per heavy atom. The Bertz CT molecular complexity index is 794. The summed E-state index contributed by atoms with van der Waals surface area (Å²) >= 11 is 0. The number of esters is 1. The smallest absolute Gasteiger partial charge is 0.338 e. The molecule has 0 amide bonds. The van der Waals surface area contributed by atoms with Gasteiger partial charge in [-0.3, -0.25) is 0 Å². The molecule has 3 rings (SSSR count). The molecule has 5 heteroatoms. The standard InChI is InChI=1S/C16H13FN2O2/c1-2-21-16(20)12-5-3-11(4-6-12)14-10-19-9-13(17)7-8-15(19)18-14/h3-10H,2H2,1H3. The minimum Gasteiger partial charge on any atom is -0.462 e. The Kier molecular flexibility index (Phi) is 3.39. The Morgan fingerprint density at radius 3 is 2.67 bits per heavy atom. The van der Waals surface area contributed by atoms with Crippen molar-refractivity contribution in [2.24, 2.45) is 0 Å². The van der Waals surface area contributed by atoms with Gasteiger partial charge in [-0.1, -0.05) is 12.1 Å². The predicted octanol–water partition coefficient (Wildman–Crippen LogP) is 3.32. The van der Waals surface area contributed by atoms with Crippen LogP contribution in [-0.4, -0.2) is 22.0 Å². The van der Waals surface area contributed by atoms with E-state index >= 15 is 0 Å². The molecule has 0 radical (unpaired) electrons. The summed E-state index contributed by atoms with van der Waals surface area (Å²) in [5.41, 5.74) is 2.74. The number of pyridine rings is 1. The lowest BCUT2D eigenvalue weighted by Crippen LogP contribution is -2.03. The molecule has 0 aliphatic carbocycles. The third kappa shape index (κ3) is 2.63. The second-order valence-corrected chi connectivity index (χ2v) is 4.54. The zero-order valence-corrected chi connectivity index (χ0v) is 11.4. The fraction of sp³-hybridized carbons (Fsp3) is 0.125. The first-order valence-electron chi connectivity index (χ1n) is 6.59. The number of aromatic nitrogens is 2. The second-order valence-electron chi connectivity index (χ2n) is 4.54. The van der Waals surface area contributed by atoms with Crippen molar-refractivity contribution in [1.29, 1.82) is 0 Å². The average molecular weight is 284 g/mol. The molecular weight excluding hydrogens is 271 g/mol. The number of imidazole rings is 1. The van der Waals surface area contributed by atoms with E-state index in [0.29, 0.717) is 17.8 Å². The average Bonchev–Trinajstić information content (AvgIpc) is 2.90. The van der Waals surface area contributed by atoms with Crippen molar-refractivity contribution in [3.63, 3.8) is 0 Å². The third-order valence-electron chi connectivity index (χ3n) is 3.11. The van der Waals surface area contributed by atoms with Crippen LogP contribution in [0, 0.1) is 5.82 Å². The van der Waals surface area contributed by atoms with Crippen molar-refractivity contribution < 1.29 is 13.9 Å². The number of fused-ring (bicyclic) bond motifs is 1. The van der Waals surface area contributed by atoms with Gasteiger partial charge in [0.05, 0.1) is 17.9 Å². The summed E-state index contributed by atoms with van der Waals surface area (Å²) in [6.45, 7) is 2.11. The lowest BCUT2D eigenvalue weighted by Gasteiger charge is -2.02. The van der Waals surface area contributed by atoms with Crippen LogP contribution in [0.15, 0.2) is 48.8 Å². The number of hydrogen-bond acceptors (Lipinski definition) is 3. The largest absolute Gasteiger partial charge is 0.462 e. The molecule has 1 aromatic carbocycles. The highest BCUT2D eigenvalue weighted by atomic mass is 19.1. The van der Waals surface area contributed by atoms with E-state index in [1.165, 1.54) is 12.3 Å². The van der Waals surface area contributed by atoms with Gasteiger partial charge in [-0.05, 0) is 31.2 Å². The maximum absolute atomic E-state index is 13.2. The van der Waals surface area contributed by atoms with Crippen LogP contribution in [0.5, 0.6) is 0 Å². The number of carbonyl (C=O) groups is 1. The van der Waals surface area contributed by atoms with Gasteiger partial charge in [0, 0.05) is 18.0 Å². The van der Waals surface area contributed by atoms with E-state index in [1.807, 2.05) is 0 Å². The van der Waals surface area contributed by atoms with Gasteiger partial charge in [0.25, 0.3) is 0 Å². The molecular formula is C16H13FN2O2. The van der Waals surface area contributed by atoms with Crippen LogP contribution in [0.1, 0.15) is 17.3 Å². The maximum Gasteiger partial charge on any atom is 0.338 e. The van der Waals surface area contributed by atoms with E-state index in [2.05, 4.69) is 4.98 Å². The van der Waals surface area contributed by atoms with Crippen molar-refractivity contribution >= 4 is 11.6 Å². The van der Waals surface area contributed by atoms with Crippen LogP contribution in [0.4, 0.5) is 4.39 Å². The molecule has 3 aromatic rings. The first-order chi connectivity index (χ1) is 10.2. The summed E-state index contributed by atoms with van der Waals surface area (Å²) in [6.07, 6.45) is 3.12. The van der Waals surface area contributed by atoms with Crippen molar-refractivity contribution in [1.82, 2.24) is 9.38 Å². The monoisotopic (exact) mass is 284 g/mol. The van der Waals surface area contributed by atoms with E-state index in [-0.39, 0.29) is 11.8 Å². The summed E-state index contributed by atoms with van der Waals surface area (Å²) in [4.78, 5) is 16.0. The van der Waals surface area contributed by atoms with Crippen LogP contribution in [-0.2, 0) is 4.74 Å². The lowest BCUT2D eigenvalue weighted by atomic mass is 10.1. The molecule has 0 saturated heterocycles. The summed E-state index contributed by atoms with van der Waals surface area (Å²) in [6, 6.07) is 9.96. The highest BCUT2D eigenvalue weighted by Gasteiger charge is 2.08. The molecule has 2 aromatic heterocycles. The zero-order valence-electron chi connectivity index (χ0n) is 11.4. The molecule has 0 aliphatic heterocycles. The molecule has 0 unspecified atom stereocenters. The van der Waals surface area contributed by atoms with Gasteiger partial charge in [-0.15, -0.1) is 0 Å². The predicted molar refractivity (Wildman–Crippen MR) is 76.5 cm³/mol. The van der Waals surface area contributed by atoms with E-state index in [0.717, 1.165) is 11.3 Å². The van der Waals surface area contributed by atoms with E-state index in [1.54, 1.807) is 47.9 Å². The van der Waals surface area contributed by atoms with E-state index in [4.69, 9.17) is 4.74 Å². The van der Waals surface area contributed by atoms with Crippen molar-refractivity contribution in [3.8, 4) is 11.3 Å². The van der Waals surface area contributed by atoms with Crippen LogP contribution in [0.3, 0.4) is 0 Å². The maximum atomic E-state index is 13.2. The van der Waals surface area contributed by atoms with Crippen molar-refractivity contribution in [2.45, 2.75) is 6.92 Å². The molecule has 106 valence electrons. The zero-order chi connectivity index (χ0) is 14.8. The third-order valence-corrected chi connectivity index (χ3v) is 3.11. The number of ether oxygens (including phenoxy) is 1. The lowest BCUT2D eigenvalue weighted by molar-refractivity contribution is 0.0526. The number of nitrogens with zero attached hydrogens (tertiary/aromatic N) is 2. The fourth-order valence-corrected chi connectivity index (χ4v) is 2.10. The van der Waals surface area contributed by atoms with Crippen molar-refractivity contribution in [3.05, 3.63) is 60.2 Å². The van der Waals surface area contributed by atoms with Crippen LogP contribution >= 0.6 is 0 Å². The summed E-state index contributed by atoms with van der Waals surface area (Å²) < 4.78 is 19.7. The first kappa shape index (κ1) is 13.3. The van der Waals surface area contributed by atoms with Crippen LogP contribution < -0.4 is 0 Å². The second kappa shape index (κ2) is 5.36. The molecule has 0 N–H and O–H groups in total. The summed E-state index contributed by atoms with van der Waals surface area (Å²) in [5, 5.41) is 0. The minimum atomic E-state index is -0.346. The molecule has 0 atom stereocenters. The van der Waals surface area contributed by atoms with Gasteiger partial charge < -0.3 is 9.14 Å². The molecule has 0 aliphatic rings.